The van der Waals surface area contributed by atoms with E-state index in [2.05, 4.69) is 26.7 Å². The molecule has 0 N–H and O–H groups in total. The second kappa shape index (κ2) is 3.84. The molecule has 0 bridgehead atoms. The molecule has 1 aromatic rings. The van der Waals surface area contributed by atoms with Crippen molar-refractivity contribution in [2.75, 3.05) is 0 Å². The van der Waals surface area contributed by atoms with E-state index in [1.807, 2.05) is 0 Å². The van der Waals surface area contributed by atoms with Gasteiger partial charge in [-0.1, -0.05) is 5.92 Å². The van der Waals surface area contributed by atoms with Gasteiger partial charge in [0.1, 0.15) is 0 Å². The number of hydrogen-bond donors (Lipinski definition) is 0. The van der Waals surface area contributed by atoms with Gasteiger partial charge in [0.25, 0.3) is 0 Å². The molecule has 0 heterocycles. The van der Waals surface area contributed by atoms with Gasteiger partial charge in [-0.2, -0.15) is 13.2 Å². The molecule has 0 unspecified atom stereocenters. The molecule has 0 saturated carbocycles. The Morgan fingerprint density at radius 2 is 1.62 bits per heavy atom. The first-order valence-corrected chi connectivity index (χ1v) is 4.12. The number of rotatable bonds is 0. The molecule has 1 rings (SSSR count). The predicted molar refractivity (Wildman–Crippen MR) is 47.2 cm³/mol. The van der Waals surface area contributed by atoms with Gasteiger partial charge in [-0.15, -0.1) is 0 Å². The van der Waals surface area contributed by atoms with Crippen LogP contribution in [0.2, 0.25) is 0 Å². The summed E-state index contributed by atoms with van der Waals surface area (Å²) in [5, 5.41) is 0. The smallest absolute Gasteiger partial charge is 0.166 e. The molecule has 0 spiro atoms. The maximum absolute atomic E-state index is 12.1. The lowest BCUT2D eigenvalue weighted by atomic mass is 10.1. The fourth-order valence-electron chi connectivity index (χ4n) is 0.797. The van der Waals surface area contributed by atoms with Gasteiger partial charge in [0.15, 0.2) is 0 Å². The molecule has 0 aliphatic carbocycles. The van der Waals surface area contributed by atoms with Crippen LogP contribution in [-0.4, -0.2) is 0 Å². The van der Waals surface area contributed by atoms with Crippen LogP contribution in [0.1, 0.15) is 11.1 Å². The third-order valence-electron chi connectivity index (χ3n) is 1.40. The summed E-state index contributed by atoms with van der Waals surface area (Å²) in [7, 11) is 0. The number of benzene rings is 1. The highest BCUT2D eigenvalue weighted by molar-refractivity contribution is 9.12. The highest BCUT2D eigenvalue weighted by atomic mass is 79.9. The molecule has 0 aliphatic rings. The van der Waals surface area contributed by atoms with Gasteiger partial charge in [-0.05, 0) is 29.1 Å². The van der Waals surface area contributed by atoms with Gasteiger partial charge in [-0.3, -0.25) is 0 Å². The lowest BCUT2D eigenvalue weighted by molar-refractivity contribution is -0.137. The van der Waals surface area contributed by atoms with Crippen LogP contribution in [-0.2, 0) is 6.18 Å². The molecule has 68 valence electrons. The second-order valence-electron chi connectivity index (χ2n) is 2.29. The molecule has 0 aliphatic heterocycles. The Bertz CT molecular complexity index is 340. The summed E-state index contributed by atoms with van der Waals surface area (Å²) in [5.74, 6) is 2.59. The molecule has 0 nitrogen and oxygen atoms in total. The van der Waals surface area contributed by atoms with Crippen LogP contribution in [0.5, 0.6) is 0 Å². The second-order valence-corrected chi connectivity index (χ2v) is 2.69. The van der Waals surface area contributed by atoms with Gasteiger partial charge in [0, 0.05) is 21.5 Å². The van der Waals surface area contributed by atoms with Crippen LogP contribution in [0.25, 0.3) is 0 Å². The number of hydrogen-bond acceptors (Lipinski definition) is 0. The van der Waals surface area contributed by atoms with E-state index >= 15 is 0 Å². The molecular formula is C9H4BrF3. The summed E-state index contributed by atoms with van der Waals surface area (Å²) in [6.45, 7) is 0. The van der Waals surface area contributed by atoms with E-state index < -0.39 is 11.7 Å². The largest absolute Gasteiger partial charge is 0.416 e. The zero-order chi connectivity index (χ0) is 9.90. The van der Waals surface area contributed by atoms with Crippen LogP contribution in [0.3, 0.4) is 0 Å². The minimum absolute atomic E-state index is 0.546. The normalized spacial score (nSPS) is 10.5. The number of halogens is 4. The van der Waals surface area contributed by atoms with Crippen molar-refractivity contribution in [2.45, 2.75) is 6.18 Å². The van der Waals surface area contributed by atoms with Crippen molar-refractivity contribution < 1.29 is 13.2 Å². The Kier molecular flexibility index (Phi) is 2.99. The molecule has 13 heavy (non-hydrogen) atoms. The fourth-order valence-corrected chi connectivity index (χ4v) is 1.03. The van der Waals surface area contributed by atoms with Gasteiger partial charge < -0.3 is 0 Å². The van der Waals surface area contributed by atoms with Crippen LogP contribution in [0.4, 0.5) is 13.2 Å². The minimum Gasteiger partial charge on any atom is -0.166 e. The number of alkyl halides is 3. The van der Waals surface area contributed by atoms with Crippen LogP contribution < -0.4 is 0 Å². The highest BCUT2D eigenvalue weighted by Crippen LogP contribution is 2.28. The van der Waals surface area contributed by atoms with Crippen molar-refractivity contribution >= 4 is 15.9 Å². The third-order valence-corrected chi connectivity index (χ3v) is 1.60. The molecule has 1 aromatic carbocycles. The standard InChI is InChI=1S/C9H4BrF3/c10-6-5-7-1-3-8(4-2-7)9(11,12)13/h1-4H. The maximum Gasteiger partial charge on any atom is 0.416 e. The lowest BCUT2D eigenvalue weighted by Gasteiger charge is -2.05. The van der Waals surface area contributed by atoms with Crippen LogP contribution in [0, 0.1) is 10.8 Å². The summed E-state index contributed by atoms with van der Waals surface area (Å²) in [6, 6.07) is 4.67. The van der Waals surface area contributed by atoms with E-state index in [1.54, 1.807) is 0 Å². The van der Waals surface area contributed by atoms with E-state index in [9.17, 15) is 13.2 Å². The van der Waals surface area contributed by atoms with E-state index in [-0.39, 0.29) is 0 Å². The first-order chi connectivity index (χ1) is 6.04. The quantitative estimate of drug-likeness (QED) is 0.618. The molecule has 0 aromatic heterocycles. The molecule has 4 heteroatoms. The van der Waals surface area contributed by atoms with Crippen LogP contribution in [0.15, 0.2) is 24.3 Å². The van der Waals surface area contributed by atoms with Crippen molar-refractivity contribution in [2.24, 2.45) is 0 Å². The summed E-state index contributed by atoms with van der Waals surface area (Å²) < 4.78 is 36.2. The summed E-state index contributed by atoms with van der Waals surface area (Å²) in [4.78, 5) is 2.42. The van der Waals surface area contributed by atoms with Crippen molar-refractivity contribution in [3.8, 4) is 10.8 Å². The Morgan fingerprint density at radius 3 is 2.00 bits per heavy atom. The van der Waals surface area contributed by atoms with Crippen molar-refractivity contribution in [3.05, 3.63) is 35.4 Å². The molecule has 0 fully saturated rings. The molecule has 0 radical (unpaired) electrons. The molecule has 0 atom stereocenters. The van der Waals surface area contributed by atoms with Gasteiger partial charge >= 0.3 is 6.18 Å². The first-order valence-electron chi connectivity index (χ1n) is 3.33. The van der Waals surface area contributed by atoms with Gasteiger partial charge in [0.2, 0.25) is 0 Å². The summed E-state index contributed by atoms with van der Waals surface area (Å²) >= 11 is 2.86. The van der Waals surface area contributed by atoms with E-state index in [1.165, 1.54) is 12.1 Å². The van der Waals surface area contributed by atoms with Crippen LogP contribution >= 0.6 is 15.9 Å². The van der Waals surface area contributed by atoms with Crippen molar-refractivity contribution in [1.29, 1.82) is 0 Å². The SMILES string of the molecule is FC(F)(F)c1ccc(C#CBr)cc1. The Labute approximate surface area is 81.9 Å². The average molecular weight is 249 g/mol. The lowest BCUT2D eigenvalue weighted by Crippen LogP contribution is -2.03. The minimum atomic E-state index is -4.28. The van der Waals surface area contributed by atoms with E-state index in [0.717, 1.165) is 12.1 Å². The van der Waals surface area contributed by atoms with E-state index in [0.29, 0.717) is 5.56 Å². The first kappa shape index (κ1) is 10.1. The molecule has 0 amide bonds. The fraction of sp³-hybridized carbons (Fsp3) is 0.111. The summed E-state index contributed by atoms with van der Waals surface area (Å²) in [5.41, 5.74) is -0.113. The van der Waals surface area contributed by atoms with Crippen molar-refractivity contribution in [1.82, 2.24) is 0 Å². The topological polar surface area (TPSA) is 0 Å². The van der Waals surface area contributed by atoms with Crippen molar-refractivity contribution in [3.63, 3.8) is 0 Å². The third kappa shape index (κ3) is 2.78. The monoisotopic (exact) mass is 248 g/mol. The Hall–Kier alpha value is -0.950. The Balaban J connectivity index is 2.98. The molecular weight excluding hydrogens is 245 g/mol. The average Bonchev–Trinajstić information content (AvgIpc) is 2.04. The highest BCUT2D eigenvalue weighted by Gasteiger charge is 2.29. The zero-order valence-corrected chi connectivity index (χ0v) is 7.91. The van der Waals surface area contributed by atoms with E-state index in [4.69, 9.17) is 0 Å². The summed E-state index contributed by atoms with van der Waals surface area (Å²) in [6.07, 6.45) is -4.28. The molecule has 0 saturated heterocycles. The van der Waals surface area contributed by atoms with Gasteiger partial charge in [-0.25, -0.2) is 0 Å². The maximum atomic E-state index is 12.1. The Morgan fingerprint density at radius 1 is 1.08 bits per heavy atom. The van der Waals surface area contributed by atoms with Gasteiger partial charge in [0.05, 0.1) is 5.56 Å². The predicted octanol–water partition coefficient (Wildman–Crippen LogP) is 3.41. The zero-order valence-electron chi connectivity index (χ0n) is 6.32.